The van der Waals surface area contributed by atoms with Gasteiger partial charge in [0.05, 0.1) is 23.6 Å². The molecule has 1 N–H and O–H groups in total. The van der Waals surface area contributed by atoms with Crippen LogP contribution in [0.5, 0.6) is 5.88 Å². The van der Waals surface area contributed by atoms with Crippen molar-refractivity contribution in [3.8, 4) is 17.7 Å². The molecule has 9 heteroatoms. The average molecular weight is 538 g/mol. The third-order valence-corrected chi connectivity index (χ3v) is 6.96. The number of hydrogen-bond acceptors (Lipinski definition) is 7. The lowest BCUT2D eigenvalue weighted by Gasteiger charge is -2.32. The van der Waals surface area contributed by atoms with E-state index in [9.17, 15) is 4.79 Å². The summed E-state index contributed by atoms with van der Waals surface area (Å²) in [6.45, 7) is 13.1. The molecule has 0 unspecified atom stereocenters. The second kappa shape index (κ2) is 11.9. The highest BCUT2D eigenvalue weighted by molar-refractivity contribution is 6.04. The Kier molecular flexibility index (Phi) is 8.10. The second-order valence-electron chi connectivity index (χ2n) is 10.5. The van der Waals surface area contributed by atoms with Crippen molar-refractivity contribution < 1.29 is 9.53 Å². The lowest BCUT2D eigenvalue weighted by molar-refractivity contribution is 0.102. The predicted octanol–water partition coefficient (Wildman–Crippen LogP) is 3.93. The van der Waals surface area contributed by atoms with Crippen LogP contribution < -0.4 is 10.1 Å². The van der Waals surface area contributed by atoms with Crippen molar-refractivity contribution in [3.05, 3.63) is 82.4 Å². The Morgan fingerprint density at radius 3 is 2.58 bits per heavy atom. The number of piperazine rings is 1. The summed E-state index contributed by atoms with van der Waals surface area (Å²) in [7, 11) is 2.16. The lowest BCUT2D eigenvalue weighted by atomic mass is 10.1. The maximum absolute atomic E-state index is 13.1. The Morgan fingerprint density at radius 1 is 1.02 bits per heavy atom. The molecule has 206 valence electrons. The van der Waals surface area contributed by atoms with Gasteiger partial charge in [0.2, 0.25) is 5.88 Å². The van der Waals surface area contributed by atoms with E-state index in [1.54, 1.807) is 29.0 Å². The Morgan fingerprint density at radius 2 is 1.82 bits per heavy atom. The molecule has 40 heavy (non-hydrogen) atoms. The summed E-state index contributed by atoms with van der Waals surface area (Å²) in [6, 6.07) is 11.5. The van der Waals surface area contributed by atoms with E-state index in [-0.39, 0.29) is 12.0 Å². The molecule has 0 saturated carbocycles. The van der Waals surface area contributed by atoms with Gasteiger partial charge in [-0.2, -0.15) is 0 Å². The van der Waals surface area contributed by atoms with Crippen molar-refractivity contribution in [2.45, 2.75) is 40.3 Å². The van der Waals surface area contributed by atoms with E-state index < -0.39 is 0 Å². The van der Waals surface area contributed by atoms with Crippen LogP contribution in [0.1, 0.15) is 52.3 Å². The quantitative estimate of drug-likeness (QED) is 0.373. The summed E-state index contributed by atoms with van der Waals surface area (Å²) in [4.78, 5) is 26.7. The number of fused-ring (bicyclic) bond motifs is 1. The van der Waals surface area contributed by atoms with Crippen LogP contribution in [0.25, 0.3) is 5.65 Å². The number of ether oxygens (including phenoxy) is 1. The minimum absolute atomic E-state index is 0.00884. The van der Waals surface area contributed by atoms with Gasteiger partial charge in [-0.15, -0.1) is 5.10 Å². The number of aryl methyl sites for hydroxylation is 2. The van der Waals surface area contributed by atoms with E-state index in [2.05, 4.69) is 62.1 Å². The molecule has 1 aliphatic rings. The number of likely N-dealkylation sites (N-methyl/N-ethyl adjacent to an activating group) is 1. The molecule has 3 aromatic heterocycles. The normalized spacial score (nSPS) is 14.2. The molecule has 4 aromatic rings. The van der Waals surface area contributed by atoms with Gasteiger partial charge in [0.15, 0.2) is 5.65 Å². The molecule has 0 bridgehead atoms. The molecule has 0 atom stereocenters. The first-order valence-corrected chi connectivity index (χ1v) is 13.6. The SMILES string of the molecule is Cc1cc(NC(=O)c2cnc(C)c(C#Cc3cnc4ccc(OC(C)C)nn34)c2)ccc1CN1CCN(C)CC1. The van der Waals surface area contributed by atoms with E-state index in [1.165, 1.54) is 5.56 Å². The summed E-state index contributed by atoms with van der Waals surface area (Å²) >= 11 is 0. The molecule has 1 amide bonds. The van der Waals surface area contributed by atoms with Crippen LogP contribution in [0.3, 0.4) is 0 Å². The van der Waals surface area contributed by atoms with Gasteiger partial charge in [0.25, 0.3) is 5.91 Å². The van der Waals surface area contributed by atoms with Crippen molar-refractivity contribution in [3.63, 3.8) is 0 Å². The molecule has 0 spiro atoms. The Labute approximate surface area is 235 Å². The lowest BCUT2D eigenvalue weighted by Crippen LogP contribution is -2.43. The number of rotatable bonds is 6. The number of carbonyl (C=O) groups is 1. The van der Waals surface area contributed by atoms with Gasteiger partial charge in [0.1, 0.15) is 5.69 Å². The van der Waals surface area contributed by atoms with Crippen molar-refractivity contribution in [2.24, 2.45) is 0 Å². The van der Waals surface area contributed by atoms with E-state index >= 15 is 0 Å². The second-order valence-corrected chi connectivity index (χ2v) is 10.5. The third kappa shape index (κ3) is 6.47. The minimum Gasteiger partial charge on any atom is -0.474 e. The van der Waals surface area contributed by atoms with Gasteiger partial charge in [-0.25, -0.2) is 9.50 Å². The Bertz CT molecular complexity index is 1590. The topological polar surface area (TPSA) is 87.9 Å². The van der Waals surface area contributed by atoms with Crippen LogP contribution in [-0.4, -0.2) is 74.6 Å². The summed E-state index contributed by atoms with van der Waals surface area (Å²) < 4.78 is 7.36. The third-order valence-electron chi connectivity index (χ3n) is 6.96. The van der Waals surface area contributed by atoms with E-state index in [0.29, 0.717) is 28.3 Å². The molecule has 1 aromatic carbocycles. The Balaban J connectivity index is 1.30. The van der Waals surface area contributed by atoms with Gasteiger partial charge < -0.3 is 15.0 Å². The number of imidazole rings is 1. The van der Waals surface area contributed by atoms with Crippen molar-refractivity contribution in [2.75, 3.05) is 38.5 Å². The smallest absolute Gasteiger partial charge is 0.257 e. The van der Waals surface area contributed by atoms with Crippen LogP contribution in [0, 0.1) is 25.7 Å². The fourth-order valence-corrected chi connectivity index (χ4v) is 4.56. The van der Waals surface area contributed by atoms with Crippen LogP contribution in [0.2, 0.25) is 0 Å². The number of anilines is 1. The fourth-order valence-electron chi connectivity index (χ4n) is 4.56. The van der Waals surface area contributed by atoms with Gasteiger partial charge in [-0.05, 0) is 76.1 Å². The molecule has 1 fully saturated rings. The molecule has 0 aliphatic carbocycles. The predicted molar refractivity (Wildman–Crippen MR) is 156 cm³/mol. The number of hydrogen-bond donors (Lipinski definition) is 1. The number of aromatic nitrogens is 4. The molecule has 1 aliphatic heterocycles. The first kappa shape index (κ1) is 27.3. The molecule has 0 radical (unpaired) electrons. The number of amides is 1. The fraction of sp³-hybridized carbons (Fsp3) is 0.355. The first-order chi connectivity index (χ1) is 19.2. The number of carbonyl (C=O) groups excluding carboxylic acids is 1. The maximum atomic E-state index is 13.1. The number of pyridine rings is 1. The summed E-state index contributed by atoms with van der Waals surface area (Å²) in [5.74, 6) is 6.54. The number of nitrogens with one attached hydrogen (secondary N) is 1. The zero-order chi connectivity index (χ0) is 28.2. The highest BCUT2D eigenvalue weighted by atomic mass is 16.5. The van der Waals surface area contributed by atoms with Gasteiger partial charge in [-0.1, -0.05) is 12.0 Å². The maximum Gasteiger partial charge on any atom is 0.257 e. The van der Waals surface area contributed by atoms with Crippen molar-refractivity contribution in [1.29, 1.82) is 0 Å². The van der Waals surface area contributed by atoms with Crippen molar-refractivity contribution >= 4 is 17.2 Å². The molecule has 1 saturated heterocycles. The van der Waals surface area contributed by atoms with E-state index in [1.807, 2.05) is 39.0 Å². The molecular weight excluding hydrogens is 502 g/mol. The monoisotopic (exact) mass is 537 g/mol. The van der Waals surface area contributed by atoms with Gasteiger partial charge in [0, 0.05) is 56.2 Å². The van der Waals surface area contributed by atoms with Crippen molar-refractivity contribution in [1.82, 2.24) is 29.4 Å². The standard InChI is InChI=1S/C31H35N7O2/c1-21(2)40-30-11-10-29-33-19-28(38(29)35-30)9-7-24-17-26(18-32-23(24)4)31(39)34-27-8-6-25(22(3)16-27)20-37-14-12-36(5)13-15-37/h6,8,10-11,16-19,21H,12-15,20H2,1-5H3,(H,34,39). The first-order valence-electron chi connectivity index (χ1n) is 13.6. The van der Waals surface area contributed by atoms with E-state index in [4.69, 9.17) is 4.74 Å². The molecule has 4 heterocycles. The molecule has 5 rings (SSSR count). The summed E-state index contributed by atoms with van der Waals surface area (Å²) in [5, 5.41) is 7.51. The highest BCUT2D eigenvalue weighted by Gasteiger charge is 2.15. The highest BCUT2D eigenvalue weighted by Crippen LogP contribution is 2.19. The van der Waals surface area contributed by atoms with Crippen LogP contribution in [0.15, 0.2) is 48.8 Å². The van der Waals surface area contributed by atoms with E-state index in [0.717, 1.165) is 49.7 Å². The average Bonchev–Trinajstić information content (AvgIpc) is 3.32. The zero-order valence-electron chi connectivity index (χ0n) is 23.7. The summed E-state index contributed by atoms with van der Waals surface area (Å²) in [5.41, 5.74) is 6.33. The van der Waals surface area contributed by atoms with Crippen LogP contribution in [0.4, 0.5) is 5.69 Å². The zero-order valence-corrected chi connectivity index (χ0v) is 23.7. The number of nitrogens with zero attached hydrogens (tertiary/aromatic N) is 6. The molecule has 9 nitrogen and oxygen atoms in total. The van der Waals surface area contributed by atoms with Gasteiger partial charge >= 0.3 is 0 Å². The molecular formula is C31H35N7O2. The largest absolute Gasteiger partial charge is 0.474 e. The van der Waals surface area contributed by atoms with Gasteiger partial charge in [-0.3, -0.25) is 14.7 Å². The Hall–Kier alpha value is -4.26. The number of benzene rings is 1. The summed E-state index contributed by atoms with van der Waals surface area (Å²) in [6.07, 6.45) is 3.26. The minimum atomic E-state index is -0.228. The van der Waals surface area contributed by atoms with Crippen LogP contribution in [-0.2, 0) is 6.54 Å². The van der Waals surface area contributed by atoms with Crippen LogP contribution >= 0.6 is 0 Å².